The van der Waals surface area contributed by atoms with Crippen molar-refractivity contribution >= 4 is 11.3 Å². The fraction of sp³-hybridized carbons (Fsp3) is 0.727. The van der Waals surface area contributed by atoms with E-state index in [1.165, 1.54) is 17.8 Å². The Labute approximate surface area is 89.8 Å². The van der Waals surface area contributed by atoms with E-state index in [0.29, 0.717) is 11.5 Å². The minimum atomic E-state index is 0.566. The summed E-state index contributed by atoms with van der Waals surface area (Å²) in [4.78, 5) is 4.43. The van der Waals surface area contributed by atoms with Crippen molar-refractivity contribution in [2.45, 2.75) is 46.2 Å². The quantitative estimate of drug-likeness (QED) is 0.829. The fourth-order valence-corrected chi connectivity index (χ4v) is 2.86. The summed E-state index contributed by atoms with van der Waals surface area (Å²) in [5.41, 5.74) is 1.71. The third-order valence-corrected chi connectivity index (χ3v) is 3.77. The summed E-state index contributed by atoms with van der Waals surface area (Å²) in [7, 11) is 0. The van der Waals surface area contributed by atoms with Gasteiger partial charge >= 0.3 is 0 Å². The van der Waals surface area contributed by atoms with Gasteiger partial charge in [0.05, 0.1) is 0 Å². The maximum absolute atomic E-state index is 4.43. The van der Waals surface area contributed by atoms with Crippen molar-refractivity contribution < 1.29 is 0 Å². The second kappa shape index (κ2) is 3.63. The number of nitrogens with zero attached hydrogens (tertiary/aromatic N) is 1. The lowest BCUT2D eigenvalue weighted by molar-refractivity contribution is 0.125. The van der Waals surface area contributed by atoms with Gasteiger partial charge < -0.3 is 5.32 Å². The van der Waals surface area contributed by atoms with E-state index >= 15 is 0 Å². The molecule has 1 fully saturated rings. The maximum atomic E-state index is 4.43. The van der Waals surface area contributed by atoms with Gasteiger partial charge in [-0.25, -0.2) is 4.98 Å². The number of rotatable bonds is 3. The number of nitrogens with one attached hydrogen (secondary N) is 1. The zero-order chi connectivity index (χ0) is 10.2. The maximum Gasteiger partial charge on any atom is 0.107 e. The van der Waals surface area contributed by atoms with Crippen molar-refractivity contribution in [1.82, 2.24) is 10.3 Å². The van der Waals surface area contributed by atoms with Crippen molar-refractivity contribution in [3.63, 3.8) is 0 Å². The average molecular weight is 210 g/mol. The lowest BCUT2D eigenvalue weighted by Gasteiger charge is -2.43. The second-order valence-corrected chi connectivity index (χ2v) is 5.98. The molecular weight excluding hydrogens is 192 g/mol. The van der Waals surface area contributed by atoms with Crippen molar-refractivity contribution in [1.29, 1.82) is 0 Å². The predicted octanol–water partition coefficient (Wildman–Crippen LogP) is 2.73. The van der Waals surface area contributed by atoms with E-state index < -0.39 is 0 Å². The Morgan fingerprint density at radius 1 is 1.57 bits per heavy atom. The molecule has 2 nitrogen and oxygen atoms in total. The zero-order valence-corrected chi connectivity index (χ0v) is 9.95. The molecule has 0 aliphatic heterocycles. The van der Waals surface area contributed by atoms with E-state index in [9.17, 15) is 0 Å². The lowest BCUT2D eigenvalue weighted by atomic mass is 9.68. The third-order valence-electron chi connectivity index (χ3n) is 2.81. The summed E-state index contributed by atoms with van der Waals surface area (Å²) >= 11 is 1.75. The normalized spacial score (nSPS) is 20.8. The molecule has 1 saturated carbocycles. The van der Waals surface area contributed by atoms with Gasteiger partial charge in [0.25, 0.3) is 0 Å². The molecule has 1 aromatic heterocycles. The first-order valence-electron chi connectivity index (χ1n) is 5.20. The molecule has 0 radical (unpaired) electrons. The first kappa shape index (κ1) is 10.1. The van der Waals surface area contributed by atoms with Gasteiger partial charge in [0.2, 0.25) is 0 Å². The van der Waals surface area contributed by atoms with Crippen LogP contribution in [0.4, 0.5) is 0 Å². The number of thiazole rings is 1. The van der Waals surface area contributed by atoms with Crippen LogP contribution in [0.1, 0.15) is 37.4 Å². The molecule has 14 heavy (non-hydrogen) atoms. The van der Waals surface area contributed by atoms with Gasteiger partial charge in [-0.2, -0.15) is 0 Å². The van der Waals surface area contributed by atoms with Crippen LogP contribution >= 0.6 is 11.3 Å². The standard InChI is InChI=1S/C11H18N2S/c1-8-7-14-10(13-8)6-12-9-4-11(2,3)5-9/h7,9,12H,4-6H2,1-3H3. The van der Waals surface area contributed by atoms with Gasteiger partial charge in [-0.3, -0.25) is 0 Å². The SMILES string of the molecule is Cc1csc(CNC2CC(C)(C)C2)n1. The highest BCUT2D eigenvalue weighted by molar-refractivity contribution is 7.09. The van der Waals surface area contributed by atoms with Gasteiger partial charge in [0.1, 0.15) is 5.01 Å². The van der Waals surface area contributed by atoms with Crippen LogP contribution in [0.5, 0.6) is 0 Å². The Balaban J connectivity index is 1.74. The van der Waals surface area contributed by atoms with E-state index in [1.54, 1.807) is 11.3 Å². The van der Waals surface area contributed by atoms with E-state index in [1.807, 2.05) is 6.92 Å². The Bertz CT molecular complexity index is 309. The van der Waals surface area contributed by atoms with Crippen molar-refractivity contribution in [3.8, 4) is 0 Å². The van der Waals surface area contributed by atoms with E-state index in [4.69, 9.17) is 0 Å². The molecule has 0 spiro atoms. The number of hydrogen-bond donors (Lipinski definition) is 1. The Morgan fingerprint density at radius 2 is 2.29 bits per heavy atom. The Morgan fingerprint density at radius 3 is 2.79 bits per heavy atom. The molecule has 2 rings (SSSR count). The highest BCUT2D eigenvalue weighted by atomic mass is 32.1. The average Bonchev–Trinajstić information content (AvgIpc) is 2.44. The van der Waals surface area contributed by atoms with Gasteiger partial charge in [0, 0.05) is 23.7 Å². The molecule has 0 atom stereocenters. The molecule has 1 aliphatic rings. The van der Waals surface area contributed by atoms with Crippen LogP contribution in [-0.4, -0.2) is 11.0 Å². The Hall–Kier alpha value is -0.410. The predicted molar refractivity (Wildman–Crippen MR) is 60.5 cm³/mol. The lowest BCUT2D eigenvalue weighted by Crippen LogP contribution is -2.45. The molecule has 0 bridgehead atoms. The molecular formula is C11H18N2S. The van der Waals surface area contributed by atoms with E-state index in [2.05, 4.69) is 29.5 Å². The molecule has 0 aromatic carbocycles. The molecule has 0 amide bonds. The monoisotopic (exact) mass is 210 g/mol. The number of hydrogen-bond acceptors (Lipinski definition) is 3. The molecule has 1 heterocycles. The second-order valence-electron chi connectivity index (χ2n) is 5.03. The number of aryl methyl sites for hydroxylation is 1. The number of aromatic nitrogens is 1. The topological polar surface area (TPSA) is 24.9 Å². The molecule has 1 N–H and O–H groups in total. The fourth-order valence-electron chi connectivity index (χ4n) is 2.13. The molecule has 78 valence electrons. The zero-order valence-electron chi connectivity index (χ0n) is 9.13. The van der Waals surface area contributed by atoms with Crippen LogP contribution in [-0.2, 0) is 6.54 Å². The van der Waals surface area contributed by atoms with Gasteiger partial charge in [-0.15, -0.1) is 11.3 Å². The van der Waals surface area contributed by atoms with Crippen molar-refractivity contribution in [3.05, 3.63) is 16.1 Å². The van der Waals surface area contributed by atoms with Gasteiger partial charge in [-0.1, -0.05) is 13.8 Å². The minimum absolute atomic E-state index is 0.566. The summed E-state index contributed by atoms with van der Waals surface area (Å²) in [6.45, 7) is 7.66. The first-order chi connectivity index (χ1) is 6.55. The summed E-state index contributed by atoms with van der Waals surface area (Å²) in [5, 5.41) is 6.88. The smallest absolute Gasteiger partial charge is 0.107 e. The molecule has 0 unspecified atom stereocenters. The Kier molecular flexibility index (Phi) is 2.62. The van der Waals surface area contributed by atoms with Crippen LogP contribution in [0.2, 0.25) is 0 Å². The minimum Gasteiger partial charge on any atom is -0.308 e. The highest BCUT2D eigenvalue weighted by Gasteiger charge is 2.35. The molecule has 0 saturated heterocycles. The van der Waals surface area contributed by atoms with E-state index in [0.717, 1.165) is 12.2 Å². The molecule has 1 aliphatic carbocycles. The van der Waals surface area contributed by atoms with Gasteiger partial charge in [-0.05, 0) is 25.2 Å². The summed E-state index contributed by atoms with van der Waals surface area (Å²) in [6, 6.07) is 0.717. The van der Waals surface area contributed by atoms with Crippen LogP contribution in [0, 0.1) is 12.3 Å². The molecule has 3 heteroatoms. The van der Waals surface area contributed by atoms with Crippen LogP contribution in [0.3, 0.4) is 0 Å². The summed E-state index contributed by atoms with van der Waals surface area (Å²) < 4.78 is 0. The van der Waals surface area contributed by atoms with Crippen molar-refractivity contribution in [2.24, 2.45) is 5.41 Å². The van der Waals surface area contributed by atoms with Crippen LogP contribution in [0.15, 0.2) is 5.38 Å². The van der Waals surface area contributed by atoms with E-state index in [-0.39, 0.29) is 0 Å². The summed E-state index contributed by atoms with van der Waals surface area (Å²) in [5.74, 6) is 0. The summed E-state index contributed by atoms with van der Waals surface area (Å²) in [6.07, 6.45) is 2.61. The highest BCUT2D eigenvalue weighted by Crippen LogP contribution is 2.39. The third kappa shape index (κ3) is 2.34. The van der Waals surface area contributed by atoms with Gasteiger partial charge in [0.15, 0.2) is 0 Å². The first-order valence-corrected chi connectivity index (χ1v) is 6.07. The van der Waals surface area contributed by atoms with Crippen molar-refractivity contribution in [2.75, 3.05) is 0 Å². The van der Waals surface area contributed by atoms with Crippen LogP contribution in [0.25, 0.3) is 0 Å². The largest absolute Gasteiger partial charge is 0.308 e. The molecule has 1 aromatic rings. The van der Waals surface area contributed by atoms with Crippen LogP contribution < -0.4 is 5.32 Å².